The average Bonchev–Trinajstić information content (AvgIpc) is 2.51. The fourth-order valence-corrected chi connectivity index (χ4v) is 1.73. The van der Waals surface area contributed by atoms with E-state index < -0.39 is 16.8 Å². The van der Waals surface area contributed by atoms with Crippen LogP contribution in [0.5, 0.6) is 0 Å². The smallest absolute Gasteiger partial charge is 0.269 e. The third kappa shape index (κ3) is 4.23. The Morgan fingerprint density at radius 3 is 2.59 bits per heavy atom. The number of pyridine rings is 1. The van der Waals surface area contributed by atoms with E-state index in [4.69, 9.17) is 0 Å². The predicted octanol–water partition coefficient (Wildman–Crippen LogP) is 1.97. The highest BCUT2D eigenvalue weighted by molar-refractivity contribution is 5.94. The first kappa shape index (κ1) is 15.4. The highest BCUT2D eigenvalue weighted by Gasteiger charge is 2.06. The number of hydrogen-bond donors (Lipinski definition) is 2. The summed E-state index contributed by atoms with van der Waals surface area (Å²) in [7, 11) is 0. The summed E-state index contributed by atoms with van der Waals surface area (Å²) in [6.07, 6.45) is 1.22. The lowest BCUT2D eigenvalue weighted by atomic mass is 10.2. The van der Waals surface area contributed by atoms with Crippen LogP contribution in [-0.4, -0.2) is 28.9 Å². The van der Waals surface area contributed by atoms with E-state index in [2.05, 4.69) is 15.6 Å². The number of benzene rings is 1. The number of anilines is 1. The Morgan fingerprint density at radius 2 is 1.95 bits per heavy atom. The number of carbonyl (C=O) groups is 1. The van der Waals surface area contributed by atoms with Crippen LogP contribution >= 0.6 is 0 Å². The van der Waals surface area contributed by atoms with Crippen LogP contribution in [0.15, 0.2) is 42.6 Å². The minimum Gasteiger partial charge on any atom is -0.383 e. The van der Waals surface area contributed by atoms with Crippen LogP contribution in [-0.2, 0) is 0 Å². The molecule has 1 aromatic heterocycles. The second-order valence-corrected chi connectivity index (χ2v) is 4.35. The zero-order chi connectivity index (χ0) is 15.9. The van der Waals surface area contributed by atoms with E-state index in [-0.39, 0.29) is 11.3 Å². The van der Waals surface area contributed by atoms with Gasteiger partial charge in [0.1, 0.15) is 0 Å². The Bertz CT molecular complexity index is 676. The number of rotatable bonds is 6. The standard InChI is InChI=1S/C14H13FN4O3/c15-13-9-10(5-6-17-13)14(20)18-8-7-16-11-1-3-12(4-2-11)19(21)22/h1-6,9,16H,7-8H2,(H,18,20). The predicted molar refractivity (Wildman–Crippen MR) is 78.1 cm³/mol. The molecule has 7 nitrogen and oxygen atoms in total. The summed E-state index contributed by atoms with van der Waals surface area (Å²) in [6.45, 7) is 0.747. The molecule has 22 heavy (non-hydrogen) atoms. The molecule has 0 aliphatic heterocycles. The van der Waals surface area contributed by atoms with E-state index in [9.17, 15) is 19.3 Å². The number of nitro benzene ring substituents is 1. The van der Waals surface area contributed by atoms with Crippen molar-refractivity contribution < 1.29 is 14.1 Å². The van der Waals surface area contributed by atoms with Crippen molar-refractivity contribution in [2.75, 3.05) is 18.4 Å². The third-order valence-electron chi connectivity index (χ3n) is 2.81. The number of non-ortho nitro benzene ring substituents is 1. The first-order chi connectivity index (χ1) is 10.6. The number of aromatic nitrogens is 1. The Kier molecular flexibility index (Phi) is 4.97. The normalized spacial score (nSPS) is 10.0. The van der Waals surface area contributed by atoms with Crippen molar-refractivity contribution in [3.63, 3.8) is 0 Å². The van der Waals surface area contributed by atoms with E-state index in [0.717, 1.165) is 6.07 Å². The summed E-state index contributed by atoms with van der Waals surface area (Å²) >= 11 is 0. The molecule has 1 aromatic carbocycles. The Labute approximate surface area is 125 Å². The Hall–Kier alpha value is -3.03. The van der Waals surface area contributed by atoms with E-state index >= 15 is 0 Å². The topological polar surface area (TPSA) is 97.2 Å². The molecule has 0 saturated heterocycles. The lowest BCUT2D eigenvalue weighted by Crippen LogP contribution is -2.28. The molecular formula is C14H13FN4O3. The fourth-order valence-electron chi connectivity index (χ4n) is 1.73. The summed E-state index contributed by atoms with van der Waals surface area (Å²) in [5.74, 6) is -1.11. The molecule has 0 saturated carbocycles. The van der Waals surface area contributed by atoms with Crippen molar-refractivity contribution in [1.82, 2.24) is 10.3 Å². The van der Waals surface area contributed by atoms with Crippen molar-refractivity contribution in [2.45, 2.75) is 0 Å². The van der Waals surface area contributed by atoms with Gasteiger partial charge in [0.05, 0.1) is 4.92 Å². The molecule has 0 aliphatic rings. The van der Waals surface area contributed by atoms with Gasteiger partial charge in [-0.1, -0.05) is 0 Å². The van der Waals surface area contributed by atoms with Gasteiger partial charge in [0.15, 0.2) is 0 Å². The number of nitro groups is 1. The van der Waals surface area contributed by atoms with Gasteiger partial charge in [-0.15, -0.1) is 0 Å². The molecule has 0 spiro atoms. The largest absolute Gasteiger partial charge is 0.383 e. The van der Waals surface area contributed by atoms with Gasteiger partial charge in [-0.05, 0) is 18.2 Å². The summed E-state index contributed by atoms with van der Waals surface area (Å²) in [6, 6.07) is 8.42. The van der Waals surface area contributed by atoms with E-state index in [1.807, 2.05) is 0 Å². The van der Waals surface area contributed by atoms with Crippen molar-refractivity contribution in [3.8, 4) is 0 Å². The molecule has 2 N–H and O–H groups in total. The molecule has 0 bridgehead atoms. The van der Waals surface area contributed by atoms with Gasteiger partial charge in [0, 0.05) is 48.7 Å². The number of nitrogens with zero attached hydrogens (tertiary/aromatic N) is 2. The van der Waals surface area contributed by atoms with Crippen molar-refractivity contribution in [3.05, 3.63) is 64.2 Å². The van der Waals surface area contributed by atoms with Gasteiger partial charge in [-0.3, -0.25) is 14.9 Å². The maximum atomic E-state index is 12.9. The number of amides is 1. The van der Waals surface area contributed by atoms with Crippen LogP contribution in [0.1, 0.15) is 10.4 Å². The summed E-state index contributed by atoms with van der Waals surface area (Å²) in [4.78, 5) is 25.1. The lowest BCUT2D eigenvalue weighted by Gasteiger charge is -2.08. The minimum absolute atomic E-state index is 0.0126. The van der Waals surface area contributed by atoms with Crippen molar-refractivity contribution >= 4 is 17.3 Å². The maximum Gasteiger partial charge on any atom is 0.269 e. The maximum absolute atomic E-state index is 12.9. The molecule has 0 atom stereocenters. The van der Waals surface area contributed by atoms with Crippen LogP contribution in [0, 0.1) is 16.1 Å². The van der Waals surface area contributed by atoms with Gasteiger partial charge in [0.25, 0.3) is 11.6 Å². The second kappa shape index (κ2) is 7.11. The molecule has 2 aromatic rings. The van der Waals surface area contributed by atoms with Gasteiger partial charge >= 0.3 is 0 Å². The zero-order valence-electron chi connectivity index (χ0n) is 11.5. The van der Waals surface area contributed by atoms with Crippen LogP contribution in [0.25, 0.3) is 0 Å². The molecule has 0 aliphatic carbocycles. The Morgan fingerprint density at radius 1 is 1.23 bits per heavy atom. The SMILES string of the molecule is O=C(NCCNc1ccc([N+](=O)[O-])cc1)c1ccnc(F)c1. The minimum atomic E-state index is -0.711. The van der Waals surface area contributed by atoms with Gasteiger partial charge < -0.3 is 10.6 Å². The molecule has 0 radical (unpaired) electrons. The molecule has 0 fully saturated rings. The van der Waals surface area contributed by atoms with Crippen LogP contribution in [0.2, 0.25) is 0 Å². The first-order valence-corrected chi connectivity index (χ1v) is 6.44. The Balaban J connectivity index is 1.77. The summed E-state index contributed by atoms with van der Waals surface area (Å²) in [5.41, 5.74) is 0.913. The van der Waals surface area contributed by atoms with Gasteiger partial charge in [0.2, 0.25) is 5.95 Å². The van der Waals surface area contributed by atoms with Crippen molar-refractivity contribution in [2.24, 2.45) is 0 Å². The zero-order valence-corrected chi connectivity index (χ0v) is 11.5. The summed E-state index contributed by atoms with van der Waals surface area (Å²) < 4.78 is 12.9. The number of nitrogens with one attached hydrogen (secondary N) is 2. The van der Waals surface area contributed by atoms with Gasteiger partial charge in [-0.2, -0.15) is 4.39 Å². The first-order valence-electron chi connectivity index (χ1n) is 6.44. The number of carbonyl (C=O) groups excluding carboxylic acids is 1. The fraction of sp³-hybridized carbons (Fsp3) is 0.143. The third-order valence-corrected chi connectivity index (χ3v) is 2.81. The molecule has 1 amide bonds. The van der Waals surface area contributed by atoms with Crippen LogP contribution in [0.4, 0.5) is 15.8 Å². The molecule has 114 valence electrons. The molecule has 2 rings (SSSR count). The van der Waals surface area contributed by atoms with Crippen molar-refractivity contribution in [1.29, 1.82) is 0 Å². The average molecular weight is 304 g/mol. The number of hydrogen-bond acceptors (Lipinski definition) is 5. The number of halogens is 1. The quantitative estimate of drug-likeness (QED) is 0.368. The second-order valence-electron chi connectivity index (χ2n) is 4.35. The van der Waals surface area contributed by atoms with E-state index in [1.54, 1.807) is 12.1 Å². The van der Waals surface area contributed by atoms with Crippen LogP contribution in [0.3, 0.4) is 0 Å². The highest BCUT2D eigenvalue weighted by atomic mass is 19.1. The van der Waals surface area contributed by atoms with E-state index in [1.165, 1.54) is 24.4 Å². The summed E-state index contributed by atoms with van der Waals surface area (Å²) in [5, 5.41) is 16.1. The lowest BCUT2D eigenvalue weighted by molar-refractivity contribution is -0.384. The van der Waals surface area contributed by atoms with Crippen LogP contribution < -0.4 is 10.6 Å². The molecule has 8 heteroatoms. The molecule has 1 heterocycles. The molecule has 0 unspecified atom stereocenters. The molecular weight excluding hydrogens is 291 g/mol. The van der Waals surface area contributed by atoms with Gasteiger partial charge in [-0.25, -0.2) is 4.98 Å². The highest BCUT2D eigenvalue weighted by Crippen LogP contribution is 2.14. The van der Waals surface area contributed by atoms with E-state index in [0.29, 0.717) is 18.8 Å². The monoisotopic (exact) mass is 304 g/mol.